The largest absolute Gasteiger partial charge is 0.472 e. The topological polar surface area (TPSA) is 82.8 Å². The molecule has 0 radical (unpaired) electrons. The number of hydrogen-bond acceptors (Lipinski definition) is 6. The molecule has 3 saturated carbocycles. The second kappa shape index (κ2) is 7.32. The highest BCUT2D eigenvalue weighted by Crippen LogP contribution is 2.72. The minimum atomic E-state index is -0.540. The van der Waals surface area contributed by atoms with Gasteiger partial charge in [-0.05, 0) is 54.6 Å². The summed E-state index contributed by atoms with van der Waals surface area (Å²) < 4.78 is 17.3. The summed E-state index contributed by atoms with van der Waals surface area (Å²) in [6, 6.07) is 1.86. The van der Waals surface area contributed by atoms with Crippen molar-refractivity contribution in [1.82, 2.24) is 0 Å². The normalized spacial score (nSPS) is 43.1. The van der Waals surface area contributed by atoms with E-state index in [9.17, 15) is 14.4 Å². The SMILES string of the molecule is CC(=O)O[C@H]1C[C@@H]2C(C)(C)C(=O)CC[C@]2(C)[C@H]2CC[C@]3(C)C(=CC(=O)O[C@H]3c3ccoc3)[C@]12C. The molecule has 3 fully saturated rings. The Morgan fingerprint density at radius 1 is 1.09 bits per heavy atom. The summed E-state index contributed by atoms with van der Waals surface area (Å²) in [5, 5.41) is 0. The van der Waals surface area contributed by atoms with Crippen molar-refractivity contribution in [2.45, 2.75) is 85.9 Å². The Morgan fingerprint density at radius 2 is 1.82 bits per heavy atom. The molecule has 0 saturated heterocycles. The molecule has 2 heterocycles. The predicted octanol–water partition coefficient (Wildman–Crippen LogP) is 5.57. The summed E-state index contributed by atoms with van der Waals surface area (Å²) in [7, 11) is 0. The number of ketones is 1. The molecule has 0 unspecified atom stereocenters. The van der Waals surface area contributed by atoms with E-state index in [-0.39, 0.29) is 29.2 Å². The lowest BCUT2D eigenvalue weighted by molar-refractivity contribution is -0.210. The van der Waals surface area contributed by atoms with Gasteiger partial charge in [0, 0.05) is 41.2 Å². The van der Waals surface area contributed by atoms with Crippen LogP contribution in [0, 0.1) is 33.5 Å². The van der Waals surface area contributed by atoms with Crippen LogP contribution in [0.5, 0.6) is 0 Å². The second-order valence-corrected chi connectivity index (χ2v) is 12.3. The first-order valence-electron chi connectivity index (χ1n) is 12.5. The summed E-state index contributed by atoms with van der Waals surface area (Å²) >= 11 is 0. The molecule has 1 aromatic rings. The number of hydrogen-bond donors (Lipinski definition) is 0. The van der Waals surface area contributed by atoms with Crippen LogP contribution in [0.25, 0.3) is 0 Å². The van der Waals surface area contributed by atoms with E-state index in [4.69, 9.17) is 13.9 Å². The molecule has 0 spiro atoms. The van der Waals surface area contributed by atoms with E-state index >= 15 is 0 Å². The van der Waals surface area contributed by atoms with Crippen LogP contribution < -0.4 is 0 Å². The lowest BCUT2D eigenvalue weighted by Gasteiger charge is -2.68. The molecule has 0 amide bonds. The fraction of sp³-hybridized carbons (Fsp3) is 0.679. The van der Waals surface area contributed by atoms with E-state index in [1.54, 1.807) is 18.6 Å². The molecule has 0 aromatic carbocycles. The Balaban J connectivity index is 1.68. The van der Waals surface area contributed by atoms with Gasteiger partial charge in [0.05, 0.1) is 12.5 Å². The summed E-state index contributed by atoms with van der Waals surface area (Å²) in [5.41, 5.74) is 0.299. The number of ether oxygens (including phenoxy) is 2. The lowest BCUT2D eigenvalue weighted by Crippen LogP contribution is -2.66. The highest BCUT2D eigenvalue weighted by atomic mass is 16.6. The molecule has 1 aromatic heterocycles. The first kappa shape index (κ1) is 23.4. The molecule has 6 nitrogen and oxygen atoms in total. The van der Waals surface area contributed by atoms with Crippen molar-refractivity contribution in [3.8, 4) is 0 Å². The van der Waals surface area contributed by atoms with E-state index in [2.05, 4.69) is 34.6 Å². The zero-order chi connectivity index (χ0) is 24.7. The van der Waals surface area contributed by atoms with Crippen LogP contribution in [0.1, 0.15) is 85.3 Å². The van der Waals surface area contributed by atoms with Gasteiger partial charge in [0.1, 0.15) is 18.0 Å². The molecule has 7 atom stereocenters. The van der Waals surface area contributed by atoms with Crippen LogP contribution in [0.15, 0.2) is 34.7 Å². The van der Waals surface area contributed by atoms with E-state index in [1.807, 2.05) is 6.07 Å². The zero-order valence-electron chi connectivity index (χ0n) is 21.1. The number of carbonyl (C=O) groups excluding carboxylic acids is 3. The molecule has 4 aliphatic rings. The number of fused-ring (bicyclic) bond motifs is 5. The highest BCUT2D eigenvalue weighted by molar-refractivity contribution is 5.86. The molecule has 5 rings (SSSR count). The smallest absolute Gasteiger partial charge is 0.331 e. The van der Waals surface area contributed by atoms with Gasteiger partial charge in [-0.3, -0.25) is 9.59 Å². The van der Waals surface area contributed by atoms with Gasteiger partial charge in [0.15, 0.2) is 0 Å². The predicted molar refractivity (Wildman–Crippen MR) is 124 cm³/mol. The zero-order valence-corrected chi connectivity index (χ0v) is 21.1. The third-order valence-electron chi connectivity index (χ3n) is 10.3. The number of rotatable bonds is 2. The fourth-order valence-corrected chi connectivity index (χ4v) is 8.65. The maximum absolute atomic E-state index is 13.0. The van der Waals surface area contributed by atoms with Gasteiger partial charge >= 0.3 is 11.9 Å². The Labute approximate surface area is 201 Å². The standard InChI is InChI=1S/C28H36O6/c1-16(29)33-22-13-19-25(2,3)21(30)8-11-26(19,4)18-7-10-27(5)20(28(18,22)6)14-23(31)34-24(27)17-9-12-32-15-17/h9,12,14-15,18-19,22,24H,7-8,10-11,13H2,1-6H3/t18-,19-,22+,24+,26-,27-,28-/m1/s1. The first-order valence-corrected chi connectivity index (χ1v) is 12.5. The summed E-state index contributed by atoms with van der Waals surface area (Å²) in [5.74, 6) is -0.124. The Hall–Kier alpha value is -2.37. The highest BCUT2D eigenvalue weighted by Gasteiger charge is 2.69. The Bertz CT molecular complexity index is 1070. The molecule has 184 valence electrons. The van der Waals surface area contributed by atoms with E-state index in [1.165, 1.54) is 6.92 Å². The Morgan fingerprint density at radius 3 is 2.47 bits per heavy atom. The van der Waals surface area contributed by atoms with Gasteiger partial charge < -0.3 is 13.9 Å². The molecular weight excluding hydrogens is 432 g/mol. The van der Waals surface area contributed by atoms with Crippen molar-refractivity contribution in [2.75, 3.05) is 0 Å². The van der Waals surface area contributed by atoms with Crippen LogP contribution in [0.4, 0.5) is 0 Å². The second-order valence-electron chi connectivity index (χ2n) is 12.3. The number of Topliss-reactive ketones (excluding diaryl/α,β-unsaturated/α-hetero) is 1. The average Bonchev–Trinajstić information content (AvgIpc) is 3.28. The fourth-order valence-electron chi connectivity index (χ4n) is 8.65. The van der Waals surface area contributed by atoms with Crippen molar-refractivity contribution in [3.05, 3.63) is 35.8 Å². The quantitative estimate of drug-likeness (QED) is 0.528. The number of furan rings is 1. The van der Waals surface area contributed by atoms with Gasteiger partial charge in [-0.25, -0.2) is 4.79 Å². The molecule has 3 aliphatic carbocycles. The third-order valence-corrected chi connectivity index (χ3v) is 10.3. The molecule has 34 heavy (non-hydrogen) atoms. The first-order chi connectivity index (χ1) is 15.8. The average molecular weight is 469 g/mol. The van der Waals surface area contributed by atoms with Crippen LogP contribution >= 0.6 is 0 Å². The summed E-state index contributed by atoms with van der Waals surface area (Å²) in [6.45, 7) is 12.2. The molecule has 1 aliphatic heterocycles. The van der Waals surface area contributed by atoms with Crippen LogP contribution in [-0.4, -0.2) is 23.8 Å². The third kappa shape index (κ3) is 2.96. The van der Waals surface area contributed by atoms with Crippen molar-refractivity contribution in [3.63, 3.8) is 0 Å². The van der Waals surface area contributed by atoms with Crippen LogP contribution in [-0.2, 0) is 23.9 Å². The van der Waals surface area contributed by atoms with Gasteiger partial charge in [-0.1, -0.05) is 34.6 Å². The van der Waals surface area contributed by atoms with Crippen LogP contribution in [0.3, 0.4) is 0 Å². The molecule has 0 bridgehead atoms. The van der Waals surface area contributed by atoms with Crippen molar-refractivity contribution < 1.29 is 28.3 Å². The Kier molecular flexibility index (Phi) is 5.03. The number of cyclic esters (lactones) is 1. The number of esters is 2. The molecule has 6 heteroatoms. The maximum Gasteiger partial charge on any atom is 0.331 e. The van der Waals surface area contributed by atoms with Gasteiger partial charge in [0.2, 0.25) is 0 Å². The maximum atomic E-state index is 13.0. The van der Waals surface area contributed by atoms with E-state index in [0.717, 1.165) is 30.4 Å². The minimum Gasteiger partial charge on any atom is -0.472 e. The van der Waals surface area contributed by atoms with Gasteiger partial charge in [0.25, 0.3) is 0 Å². The van der Waals surface area contributed by atoms with Crippen LogP contribution in [0.2, 0.25) is 0 Å². The van der Waals surface area contributed by atoms with Crippen molar-refractivity contribution in [2.24, 2.45) is 33.5 Å². The number of carbonyl (C=O) groups is 3. The van der Waals surface area contributed by atoms with Gasteiger partial charge in [-0.15, -0.1) is 0 Å². The molecular formula is C28H36O6. The lowest BCUT2D eigenvalue weighted by atomic mass is 9.37. The summed E-state index contributed by atoms with van der Waals surface area (Å²) in [6.07, 6.45) is 7.81. The minimum absolute atomic E-state index is 0.0997. The van der Waals surface area contributed by atoms with E-state index in [0.29, 0.717) is 18.6 Å². The monoisotopic (exact) mass is 468 g/mol. The van der Waals surface area contributed by atoms with Gasteiger partial charge in [-0.2, -0.15) is 0 Å². The van der Waals surface area contributed by atoms with E-state index < -0.39 is 28.5 Å². The molecule has 0 N–H and O–H groups in total. The van der Waals surface area contributed by atoms with Crippen molar-refractivity contribution >= 4 is 17.7 Å². The summed E-state index contributed by atoms with van der Waals surface area (Å²) in [4.78, 5) is 38.3. The van der Waals surface area contributed by atoms with Crippen molar-refractivity contribution in [1.29, 1.82) is 0 Å².